The SMILES string of the molecule is CCCn1c(SCC(=O)N(CCC#N)CCC#N)nc2ccccc2c1=O. The fourth-order valence-electron chi connectivity index (χ4n) is 2.63. The topological polar surface area (TPSA) is 103 Å². The Bertz CT molecular complexity index is 924. The molecule has 1 aromatic carbocycles. The molecule has 27 heavy (non-hydrogen) atoms. The monoisotopic (exact) mass is 383 g/mol. The Morgan fingerprint density at radius 1 is 1.22 bits per heavy atom. The fraction of sp³-hybridized carbons (Fsp3) is 0.421. The van der Waals surface area contributed by atoms with E-state index >= 15 is 0 Å². The van der Waals surface area contributed by atoms with Crippen LogP contribution in [0.4, 0.5) is 0 Å². The summed E-state index contributed by atoms with van der Waals surface area (Å²) in [6, 6.07) is 11.2. The number of hydrogen-bond acceptors (Lipinski definition) is 6. The van der Waals surface area contributed by atoms with Gasteiger partial charge in [0.2, 0.25) is 5.91 Å². The molecule has 2 aromatic rings. The van der Waals surface area contributed by atoms with Crippen LogP contribution in [0.25, 0.3) is 10.9 Å². The lowest BCUT2D eigenvalue weighted by Crippen LogP contribution is -2.34. The third-order valence-corrected chi connectivity index (χ3v) is 4.90. The van der Waals surface area contributed by atoms with Crippen molar-refractivity contribution in [2.45, 2.75) is 37.9 Å². The van der Waals surface area contributed by atoms with E-state index in [1.807, 2.05) is 25.1 Å². The van der Waals surface area contributed by atoms with E-state index in [1.54, 1.807) is 22.8 Å². The number of rotatable bonds is 9. The van der Waals surface area contributed by atoms with E-state index in [-0.39, 0.29) is 30.1 Å². The van der Waals surface area contributed by atoms with Crippen molar-refractivity contribution in [1.29, 1.82) is 10.5 Å². The lowest BCUT2D eigenvalue weighted by Gasteiger charge is -2.20. The van der Waals surface area contributed by atoms with Gasteiger partial charge in [-0.05, 0) is 18.6 Å². The average Bonchev–Trinajstić information content (AvgIpc) is 2.69. The average molecular weight is 383 g/mol. The molecule has 0 aliphatic heterocycles. The predicted molar refractivity (Wildman–Crippen MR) is 104 cm³/mol. The van der Waals surface area contributed by atoms with Crippen LogP contribution in [0.2, 0.25) is 0 Å². The van der Waals surface area contributed by atoms with Gasteiger partial charge in [-0.1, -0.05) is 30.8 Å². The number of thioether (sulfide) groups is 1. The van der Waals surface area contributed by atoms with Crippen molar-refractivity contribution in [3.63, 3.8) is 0 Å². The summed E-state index contributed by atoms with van der Waals surface area (Å²) in [5.74, 6) is -0.0679. The normalized spacial score (nSPS) is 10.3. The Morgan fingerprint density at radius 3 is 2.52 bits per heavy atom. The van der Waals surface area contributed by atoms with Crippen molar-refractivity contribution < 1.29 is 4.79 Å². The van der Waals surface area contributed by atoms with Crippen molar-refractivity contribution in [3.8, 4) is 12.1 Å². The zero-order valence-electron chi connectivity index (χ0n) is 15.2. The van der Waals surface area contributed by atoms with Crippen LogP contribution in [0.15, 0.2) is 34.2 Å². The molecule has 0 atom stereocenters. The van der Waals surface area contributed by atoms with E-state index in [1.165, 1.54) is 16.7 Å². The number of aromatic nitrogens is 2. The third kappa shape index (κ3) is 5.32. The van der Waals surface area contributed by atoms with Crippen molar-refractivity contribution in [1.82, 2.24) is 14.5 Å². The van der Waals surface area contributed by atoms with Crippen LogP contribution in [0.1, 0.15) is 26.2 Å². The van der Waals surface area contributed by atoms with E-state index in [9.17, 15) is 9.59 Å². The minimum atomic E-state index is -0.170. The molecule has 1 aromatic heterocycles. The van der Waals surface area contributed by atoms with Gasteiger partial charge in [-0.15, -0.1) is 0 Å². The van der Waals surface area contributed by atoms with Gasteiger partial charge in [-0.3, -0.25) is 14.2 Å². The number of hydrogen-bond donors (Lipinski definition) is 0. The molecule has 0 fully saturated rings. The molecule has 7 nitrogen and oxygen atoms in total. The summed E-state index contributed by atoms with van der Waals surface area (Å²) in [6.45, 7) is 3.10. The van der Waals surface area contributed by atoms with Crippen molar-refractivity contribution >= 4 is 28.6 Å². The van der Waals surface area contributed by atoms with E-state index < -0.39 is 0 Å². The highest BCUT2D eigenvalue weighted by Crippen LogP contribution is 2.19. The van der Waals surface area contributed by atoms with E-state index in [4.69, 9.17) is 10.5 Å². The first-order valence-electron chi connectivity index (χ1n) is 8.76. The van der Waals surface area contributed by atoms with Gasteiger partial charge in [0, 0.05) is 19.6 Å². The molecule has 0 saturated heterocycles. The molecule has 0 spiro atoms. The Hall–Kier alpha value is -2.84. The molecule has 1 heterocycles. The highest BCUT2D eigenvalue weighted by molar-refractivity contribution is 7.99. The fourth-order valence-corrected chi connectivity index (χ4v) is 3.56. The van der Waals surface area contributed by atoms with Crippen LogP contribution in [0.5, 0.6) is 0 Å². The van der Waals surface area contributed by atoms with Gasteiger partial charge in [0.25, 0.3) is 5.56 Å². The van der Waals surface area contributed by atoms with Crippen LogP contribution < -0.4 is 5.56 Å². The van der Waals surface area contributed by atoms with Gasteiger partial charge < -0.3 is 4.90 Å². The standard InChI is InChI=1S/C19H21N5O2S/c1-2-11-24-18(26)15-7-3-4-8-16(15)22-19(24)27-14-17(25)23(12-5-9-20)13-6-10-21/h3-4,7-8H,2,5-6,11-14H2,1H3. The molecule has 0 saturated carbocycles. The van der Waals surface area contributed by atoms with Crippen LogP contribution in [-0.2, 0) is 11.3 Å². The first-order valence-corrected chi connectivity index (χ1v) is 9.75. The van der Waals surface area contributed by atoms with Gasteiger partial charge in [-0.2, -0.15) is 10.5 Å². The maximum atomic E-state index is 12.7. The number of nitrogens with zero attached hydrogens (tertiary/aromatic N) is 5. The molecule has 140 valence electrons. The molecular weight excluding hydrogens is 362 g/mol. The number of amides is 1. The summed E-state index contributed by atoms with van der Waals surface area (Å²) in [6.07, 6.45) is 1.21. The molecule has 8 heteroatoms. The minimum absolute atomic E-state index is 0.103. The molecule has 0 N–H and O–H groups in total. The van der Waals surface area contributed by atoms with E-state index in [0.717, 1.165) is 6.42 Å². The minimum Gasteiger partial charge on any atom is -0.340 e. The van der Waals surface area contributed by atoms with E-state index in [2.05, 4.69) is 4.98 Å². The summed E-state index contributed by atoms with van der Waals surface area (Å²) in [5, 5.41) is 18.6. The van der Waals surface area contributed by atoms with Gasteiger partial charge in [0.05, 0.1) is 41.6 Å². The summed E-state index contributed by atoms with van der Waals surface area (Å²) in [7, 11) is 0. The molecule has 1 amide bonds. The van der Waals surface area contributed by atoms with Gasteiger partial charge in [0.1, 0.15) is 0 Å². The number of nitriles is 2. The van der Waals surface area contributed by atoms with Crippen molar-refractivity contribution in [2.24, 2.45) is 0 Å². The predicted octanol–water partition coefficient (Wildman–Crippen LogP) is 2.55. The molecule has 0 aliphatic rings. The highest BCUT2D eigenvalue weighted by Gasteiger charge is 2.16. The summed E-state index contributed by atoms with van der Waals surface area (Å²) < 4.78 is 1.61. The number of para-hydroxylation sites is 1. The quantitative estimate of drug-likeness (QED) is 0.487. The third-order valence-electron chi connectivity index (χ3n) is 3.94. The Balaban J connectivity index is 2.22. The second kappa shape index (κ2) is 10.3. The second-order valence-corrected chi connectivity index (χ2v) is 6.80. The number of fused-ring (bicyclic) bond motifs is 1. The number of carbonyl (C=O) groups is 1. The Kier molecular flexibility index (Phi) is 7.84. The van der Waals surface area contributed by atoms with E-state index in [0.29, 0.717) is 35.7 Å². The van der Waals surface area contributed by atoms with Gasteiger partial charge >= 0.3 is 0 Å². The van der Waals surface area contributed by atoms with Crippen LogP contribution in [0, 0.1) is 22.7 Å². The lowest BCUT2D eigenvalue weighted by molar-refractivity contribution is -0.128. The van der Waals surface area contributed by atoms with Crippen LogP contribution >= 0.6 is 11.8 Å². The molecular formula is C19H21N5O2S. The zero-order valence-corrected chi connectivity index (χ0v) is 16.0. The van der Waals surface area contributed by atoms with Gasteiger partial charge in [-0.25, -0.2) is 4.98 Å². The highest BCUT2D eigenvalue weighted by atomic mass is 32.2. The maximum absolute atomic E-state index is 12.7. The first-order chi connectivity index (χ1) is 13.1. The summed E-state index contributed by atoms with van der Waals surface area (Å²) in [5.41, 5.74) is 0.499. The molecule has 0 unspecified atom stereocenters. The molecule has 0 aliphatic carbocycles. The van der Waals surface area contributed by atoms with Crippen LogP contribution in [0.3, 0.4) is 0 Å². The molecule has 0 bridgehead atoms. The lowest BCUT2D eigenvalue weighted by atomic mass is 10.2. The Morgan fingerprint density at radius 2 is 1.89 bits per heavy atom. The van der Waals surface area contributed by atoms with Gasteiger partial charge in [0.15, 0.2) is 5.16 Å². The summed E-state index contributed by atoms with van der Waals surface area (Å²) >= 11 is 1.21. The van der Waals surface area contributed by atoms with Crippen LogP contribution in [-0.4, -0.2) is 39.2 Å². The smallest absolute Gasteiger partial charge is 0.262 e. The number of carbonyl (C=O) groups excluding carboxylic acids is 1. The molecule has 2 rings (SSSR count). The second-order valence-electron chi connectivity index (χ2n) is 5.85. The maximum Gasteiger partial charge on any atom is 0.262 e. The summed E-state index contributed by atoms with van der Waals surface area (Å²) in [4.78, 5) is 31.3. The van der Waals surface area contributed by atoms with Crippen molar-refractivity contribution in [3.05, 3.63) is 34.6 Å². The first kappa shape index (κ1) is 20.5. The largest absolute Gasteiger partial charge is 0.340 e. The van der Waals surface area contributed by atoms with Crippen molar-refractivity contribution in [2.75, 3.05) is 18.8 Å². The Labute approximate surface area is 162 Å². The zero-order chi connectivity index (χ0) is 19.6. The molecule has 0 radical (unpaired) electrons. The number of benzene rings is 1.